The summed E-state index contributed by atoms with van der Waals surface area (Å²) < 4.78 is 160. The van der Waals surface area contributed by atoms with Gasteiger partial charge in [-0.05, 0) is 133 Å². The van der Waals surface area contributed by atoms with Crippen LogP contribution in [0.25, 0.3) is 164 Å². The summed E-state index contributed by atoms with van der Waals surface area (Å²) in [7, 11) is 0. The maximum atomic E-state index is 9.96. The molecule has 0 bridgehead atoms. The zero-order chi connectivity index (χ0) is 79.7. The summed E-state index contributed by atoms with van der Waals surface area (Å²) in [4.78, 5) is 2.41. The number of nitrogens with zero attached hydrogens (tertiary/aromatic N) is 5. The molecule has 5 nitrogen and oxygen atoms in total. The van der Waals surface area contributed by atoms with E-state index in [-0.39, 0.29) is 43.6 Å². The summed E-state index contributed by atoms with van der Waals surface area (Å²) in [6.45, 7) is 5.87. The first-order valence-electron chi connectivity index (χ1n) is 41.7. The highest BCUT2D eigenvalue weighted by atomic mass is 15.2. The van der Waals surface area contributed by atoms with Crippen molar-refractivity contribution >= 4 is 165 Å². The molecule has 0 aliphatic carbocycles. The number of anilines is 3. The van der Waals surface area contributed by atoms with Gasteiger partial charge in [0.05, 0.1) is 88.6 Å². The third-order valence-corrected chi connectivity index (χ3v) is 21.3. The highest BCUT2D eigenvalue weighted by Crippen LogP contribution is 2.55. The van der Waals surface area contributed by atoms with Gasteiger partial charge in [-0.3, -0.25) is 0 Å². The first-order valence-corrected chi connectivity index (χ1v) is 33.7. The smallest absolute Gasteiger partial charge is 0.252 e. The molecule has 5 aromatic heterocycles. The molecule has 7 heterocycles. The van der Waals surface area contributed by atoms with Gasteiger partial charge in [0.25, 0.3) is 6.71 Å². The van der Waals surface area contributed by atoms with Gasteiger partial charge in [0, 0.05) is 82.1 Å². The lowest BCUT2D eigenvalue weighted by Gasteiger charge is -2.43. The maximum Gasteiger partial charge on any atom is 0.252 e. The van der Waals surface area contributed by atoms with E-state index in [1.807, 2.05) is 84.9 Å². The Morgan fingerprint density at radius 2 is 0.790 bits per heavy atom. The second kappa shape index (κ2) is 20.5. The molecule has 0 saturated heterocycles. The van der Waals surface area contributed by atoms with Crippen LogP contribution in [-0.2, 0) is 5.41 Å². The molecule has 6 heteroatoms. The number of hydrogen-bond acceptors (Lipinski definition) is 1. The Hall–Kier alpha value is -12.6. The molecule has 0 unspecified atom stereocenters. The number of hydrogen-bond donors (Lipinski definition) is 0. The van der Waals surface area contributed by atoms with E-state index in [2.05, 4.69) is 174 Å². The van der Waals surface area contributed by atoms with E-state index in [0.717, 1.165) is 132 Å². The summed E-state index contributed by atoms with van der Waals surface area (Å²) in [6, 6.07) is 69.7. The van der Waals surface area contributed by atoms with E-state index in [1.165, 1.54) is 0 Å². The molecule has 466 valence electrons. The average molecular weight is 1290 g/mol. The van der Waals surface area contributed by atoms with Crippen LogP contribution in [0.1, 0.15) is 48.3 Å². The maximum absolute atomic E-state index is 9.96. The van der Waals surface area contributed by atoms with Crippen molar-refractivity contribution in [3.8, 4) is 39.3 Å². The van der Waals surface area contributed by atoms with E-state index in [4.69, 9.17) is 5.48 Å². The molecule has 15 aromatic carbocycles. The Morgan fingerprint density at radius 1 is 0.310 bits per heavy atom. The number of aromatic nitrogens is 4. The second-order valence-corrected chi connectivity index (χ2v) is 27.4. The zero-order valence-corrected chi connectivity index (χ0v) is 54.2. The molecule has 0 saturated carbocycles. The monoisotopic (exact) mass is 1290 g/mol. The van der Waals surface area contributed by atoms with E-state index >= 15 is 0 Å². The number of fused-ring (bicyclic) bond motifs is 24. The predicted molar refractivity (Wildman–Crippen MR) is 426 cm³/mol. The van der Waals surface area contributed by atoms with Crippen LogP contribution in [0.15, 0.2) is 321 Å². The third kappa shape index (κ3) is 7.46. The molecule has 0 spiro atoms. The third-order valence-electron chi connectivity index (χ3n) is 21.3. The molecule has 2 aliphatic rings. The van der Waals surface area contributed by atoms with Gasteiger partial charge in [-0.25, -0.2) is 0 Å². The van der Waals surface area contributed by atoms with E-state index in [1.54, 1.807) is 9.13 Å². The highest BCUT2D eigenvalue weighted by Gasteiger charge is 2.46. The molecule has 20 aromatic rings. The van der Waals surface area contributed by atoms with Gasteiger partial charge in [-0.2, -0.15) is 0 Å². The van der Waals surface area contributed by atoms with E-state index in [0.29, 0.717) is 28.0 Å². The quantitative estimate of drug-likeness (QED) is 0.157. The number of para-hydroxylation sites is 7. The van der Waals surface area contributed by atoms with Crippen molar-refractivity contribution in [1.29, 1.82) is 0 Å². The molecule has 0 amide bonds. The molecule has 0 atom stereocenters. The fourth-order valence-electron chi connectivity index (χ4n) is 17.2. The van der Waals surface area contributed by atoms with Gasteiger partial charge in [0.1, 0.15) is 0 Å². The van der Waals surface area contributed by atoms with Crippen molar-refractivity contribution in [2.45, 2.75) is 26.2 Å². The van der Waals surface area contributed by atoms with Crippen LogP contribution in [0.5, 0.6) is 0 Å². The van der Waals surface area contributed by atoms with Crippen LogP contribution >= 0.6 is 0 Å². The Bertz CT molecular complexity index is 7820. The molecule has 2 aliphatic heterocycles. The molecule has 100 heavy (non-hydrogen) atoms. The Morgan fingerprint density at radius 3 is 1.38 bits per heavy atom. The first kappa shape index (κ1) is 42.1. The highest BCUT2D eigenvalue weighted by molar-refractivity contribution is 7.00. The fraction of sp³-hybridized carbons (Fsp3) is 0.0426. The van der Waals surface area contributed by atoms with Crippen LogP contribution in [-0.4, -0.2) is 24.8 Å². The molecule has 0 fully saturated rings. The zero-order valence-electron chi connectivity index (χ0n) is 70.2. The minimum atomic E-state index is -0.770. The Labute approximate surface area is 599 Å². The SMILES string of the molecule is [2H]c1c([2H])c([2H])c2c(c1[2H])c1c([2H])c([2H])c([2H])c([2H])c1n2-c1ccc2c(c1)N(c1c(-c3ccccc3)cc(C(C)(C)C)cc1-c1ccccc1)c1c3c(cc4c1c1cccc5c6ccccc6c6ccccc6c6ccccc6n4c51)-n1c4ccccc4c4c(-n5c6c([2H])c([2H])c([2H])c([2H])c6c6c([2H])c([2H])c([2H])c([2H])c65)ccc(c41)B23. The molecular formula is C94H62BN5. The minimum absolute atomic E-state index is 0.0308. The molecule has 0 radical (unpaired) electrons. The molecule has 22 rings (SSSR count). The fourth-order valence-corrected chi connectivity index (χ4v) is 17.2. The second-order valence-electron chi connectivity index (χ2n) is 27.4. The summed E-state index contributed by atoms with van der Waals surface area (Å²) in [5, 5.41) is 8.87. The van der Waals surface area contributed by atoms with Gasteiger partial charge < -0.3 is 23.0 Å². The number of benzene rings is 15. The number of rotatable bonds is 5. The van der Waals surface area contributed by atoms with Crippen LogP contribution < -0.4 is 21.3 Å². The lowest BCUT2D eigenvalue weighted by molar-refractivity contribution is 0.591. The van der Waals surface area contributed by atoms with Crippen molar-refractivity contribution in [2.75, 3.05) is 4.90 Å². The largest absolute Gasteiger partial charge is 0.310 e. The summed E-state index contributed by atoms with van der Waals surface area (Å²) in [5.74, 6) is 0. The van der Waals surface area contributed by atoms with Crippen LogP contribution in [0.2, 0.25) is 0 Å². The summed E-state index contributed by atoms with van der Waals surface area (Å²) in [6.07, 6.45) is 0. The van der Waals surface area contributed by atoms with Gasteiger partial charge in [0.2, 0.25) is 0 Å². The summed E-state index contributed by atoms with van der Waals surface area (Å²) in [5.41, 5.74) is 14.1. The molecule has 0 N–H and O–H groups in total. The van der Waals surface area contributed by atoms with Gasteiger partial charge >= 0.3 is 0 Å². The van der Waals surface area contributed by atoms with E-state index < -0.39 is 109 Å². The minimum Gasteiger partial charge on any atom is -0.310 e. The first-order chi connectivity index (χ1) is 56.0. The van der Waals surface area contributed by atoms with Gasteiger partial charge in [0.15, 0.2) is 0 Å². The summed E-state index contributed by atoms with van der Waals surface area (Å²) >= 11 is 0. The van der Waals surface area contributed by atoms with Crippen molar-refractivity contribution in [2.24, 2.45) is 0 Å². The van der Waals surface area contributed by atoms with Crippen molar-refractivity contribution in [3.05, 3.63) is 327 Å². The van der Waals surface area contributed by atoms with Crippen molar-refractivity contribution < 1.29 is 21.9 Å². The average Bonchev–Trinajstić information content (AvgIpc) is 1.44. The van der Waals surface area contributed by atoms with Crippen LogP contribution in [0.3, 0.4) is 0 Å². The predicted octanol–water partition coefficient (Wildman–Crippen LogP) is 22.8. The van der Waals surface area contributed by atoms with Gasteiger partial charge in [-0.1, -0.05) is 269 Å². The topological polar surface area (TPSA) is 22.4 Å². The molecular weight excluding hydrogens is 1210 g/mol. The Balaban J connectivity index is 1.02. The lowest BCUT2D eigenvalue weighted by atomic mass is 9.33. The van der Waals surface area contributed by atoms with Gasteiger partial charge in [-0.15, -0.1) is 0 Å². The van der Waals surface area contributed by atoms with Crippen LogP contribution in [0, 0.1) is 0 Å². The van der Waals surface area contributed by atoms with E-state index in [9.17, 15) is 16.4 Å². The van der Waals surface area contributed by atoms with Crippen molar-refractivity contribution in [1.82, 2.24) is 18.1 Å². The Kier molecular flexibility index (Phi) is 8.62. The van der Waals surface area contributed by atoms with Crippen LogP contribution in [0.4, 0.5) is 17.1 Å². The normalized spacial score (nSPS) is 15.2. The lowest BCUT2D eigenvalue weighted by Crippen LogP contribution is -2.60. The standard InChI is InChI=1S/C94H62BN5/c1-94(2,3)59-53-73(57-27-6-4-7-28-57)91(74(54-59)58-29-8-5-9-30-58)100-84-55-60(96-77-43-20-15-36-66(77)67-37-16-21-44-78(67)96)49-50-75(84)95-76-51-52-83(97-79-45-22-17-38-68(79)69-39-18-23-46-80(69)97)87-71-40-19-25-48-82(71)99(92(76)87)86-56-85-88(93(100)89(86)95)72-42-26-41-70-64-34-13-11-32-62(64)61-31-10-12-33-63(61)65-35-14-24-47-81(65)98(85)90(70)72/h4-56H,1-3H3/i15D,16D,17D,18D,20D,21D,22D,23D,36D,37D,38D,39D,43D,44D,45D,46D. The van der Waals surface area contributed by atoms with Crippen molar-refractivity contribution in [3.63, 3.8) is 0 Å².